The zero-order chi connectivity index (χ0) is 20.6. The minimum atomic E-state index is -0.445. The van der Waals surface area contributed by atoms with Crippen LogP contribution in [0.25, 0.3) is 0 Å². The molecule has 2 aromatic rings. The highest BCUT2D eigenvalue weighted by Gasteiger charge is 2.17. The quantitative estimate of drug-likeness (QED) is 0.636. The van der Waals surface area contributed by atoms with Gasteiger partial charge in [-0.2, -0.15) is 0 Å². The van der Waals surface area contributed by atoms with Crippen molar-refractivity contribution in [2.24, 2.45) is 0 Å². The summed E-state index contributed by atoms with van der Waals surface area (Å²) in [7, 11) is 1.58. The van der Waals surface area contributed by atoms with Crippen molar-refractivity contribution >= 4 is 11.9 Å². The molecule has 0 atom stereocenters. The molecule has 0 bridgehead atoms. The lowest BCUT2D eigenvalue weighted by Crippen LogP contribution is -2.34. The van der Waals surface area contributed by atoms with Crippen LogP contribution in [0.3, 0.4) is 0 Å². The molecule has 154 valence electrons. The number of rotatable bonds is 8. The van der Waals surface area contributed by atoms with Gasteiger partial charge >= 0.3 is 5.97 Å². The van der Waals surface area contributed by atoms with Gasteiger partial charge in [0.25, 0.3) is 5.91 Å². The van der Waals surface area contributed by atoms with E-state index in [1.165, 1.54) is 0 Å². The van der Waals surface area contributed by atoms with Gasteiger partial charge in [-0.05, 0) is 42.3 Å². The van der Waals surface area contributed by atoms with Gasteiger partial charge in [-0.15, -0.1) is 0 Å². The van der Waals surface area contributed by atoms with E-state index in [2.05, 4.69) is 0 Å². The highest BCUT2D eigenvalue weighted by molar-refractivity contribution is 5.81. The molecule has 3 rings (SSSR count). The molecule has 1 heterocycles. The number of amides is 1. The number of methoxy groups -OCH3 is 1. The molecule has 1 aliphatic rings. The minimum absolute atomic E-state index is 0.103. The van der Waals surface area contributed by atoms with Crippen molar-refractivity contribution in [3.8, 4) is 17.2 Å². The fourth-order valence-electron chi connectivity index (χ4n) is 2.98. The molecule has 29 heavy (non-hydrogen) atoms. The molecule has 0 spiro atoms. The Morgan fingerprint density at radius 2 is 1.69 bits per heavy atom. The summed E-state index contributed by atoms with van der Waals surface area (Å²) in [6, 6.07) is 12.8. The first-order valence-corrected chi connectivity index (χ1v) is 9.54. The first-order chi connectivity index (χ1) is 14.1. The Kier molecular flexibility index (Phi) is 6.94. The Morgan fingerprint density at radius 3 is 2.38 bits per heavy atom. The molecule has 1 aliphatic heterocycles. The van der Waals surface area contributed by atoms with Crippen molar-refractivity contribution in [2.75, 3.05) is 33.5 Å². The van der Waals surface area contributed by atoms with E-state index in [0.717, 1.165) is 16.9 Å². The zero-order valence-electron chi connectivity index (χ0n) is 16.7. The molecule has 0 saturated heterocycles. The normalized spacial score (nSPS) is 12.2. The third kappa shape index (κ3) is 5.63. The number of carbonyl (C=O) groups excluding carboxylic acids is 2. The van der Waals surface area contributed by atoms with Crippen molar-refractivity contribution in [3.63, 3.8) is 0 Å². The van der Waals surface area contributed by atoms with Crippen LogP contribution >= 0.6 is 0 Å². The lowest BCUT2D eigenvalue weighted by molar-refractivity contribution is -0.151. The van der Waals surface area contributed by atoms with Gasteiger partial charge in [-0.25, -0.2) is 0 Å². The fourth-order valence-corrected chi connectivity index (χ4v) is 2.98. The molecule has 0 radical (unpaired) electrons. The van der Waals surface area contributed by atoms with Gasteiger partial charge < -0.3 is 23.8 Å². The molecule has 0 saturated carbocycles. The highest BCUT2D eigenvalue weighted by atomic mass is 16.6. The topological polar surface area (TPSA) is 74.3 Å². The van der Waals surface area contributed by atoms with Crippen LogP contribution in [0.1, 0.15) is 18.1 Å². The minimum Gasteiger partial charge on any atom is -0.497 e. The maximum atomic E-state index is 12.5. The van der Waals surface area contributed by atoms with Crippen molar-refractivity contribution < 1.29 is 28.5 Å². The largest absolute Gasteiger partial charge is 0.497 e. The highest BCUT2D eigenvalue weighted by Crippen LogP contribution is 2.31. The van der Waals surface area contributed by atoms with Gasteiger partial charge in [-0.1, -0.05) is 18.2 Å². The Morgan fingerprint density at radius 1 is 1.00 bits per heavy atom. The maximum Gasteiger partial charge on any atom is 0.310 e. The second kappa shape index (κ2) is 9.82. The van der Waals surface area contributed by atoms with E-state index >= 15 is 0 Å². The first-order valence-electron chi connectivity index (χ1n) is 9.54. The fraction of sp³-hybridized carbons (Fsp3) is 0.364. The number of benzene rings is 2. The van der Waals surface area contributed by atoms with Crippen LogP contribution in [0.4, 0.5) is 0 Å². The van der Waals surface area contributed by atoms with Crippen molar-refractivity contribution in [2.45, 2.75) is 19.9 Å². The number of nitrogens with zero attached hydrogens (tertiary/aromatic N) is 1. The van der Waals surface area contributed by atoms with Crippen LogP contribution in [0.5, 0.6) is 17.2 Å². The zero-order valence-corrected chi connectivity index (χ0v) is 16.7. The number of hydrogen-bond donors (Lipinski definition) is 0. The van der Waals surface area contributed by atoms with Gasteiger partial charge in [0.2, 0.25) is 0 Å². The van der Waals surface area contributed by atoms with Gasteiger partial charge in [-0.3, -0.25) is 9.59 Å². The standard InChI is InChI=1S/C22H25NO6/c1-3-23(14-17-6-9-19-20(12-17)28-11-10-27-19)21(24)15-29-22(25)13-16-4-7-18(26-2)8-5-16/h4-9,12H,3,10-11,13-15H2,1-2H3. The van der Waals surface area contributed by atoms with E-state index in [9.17, 15) is 9.59 Å². The van der Waals surface area contributed by atoms with Crippen LogP contribution in [0.15, 0.2) is 42.5 Å². The molecule has 0 aromatic heterocycles. The lowest BCUT2D eigenvalue weighted by atomic mass is 10.1. The van der Waals surface area contributed by atoms with E-state index in [-0.39, 0.29) is 18.9 Å². The average molecular weight is 399 g/mol. The third-order valence-corrected chi connectivity index (χ3v) is 4.58. The van der Waals surface area contributed by atoms with E-state index in [1.54, 1.807) is 36.3 Å². The molecule has 7 heteroatoms. The van der Waals surface area contributed by atoms with Crippen LogP contribution < -0.4 is 14.2 Å². The summed E-state index contributed by atoms with van der Waals surface area (Å²) < 4.78 is 21.4. The van der Waals surface area contributed by atoms with Gasteiger partial charge in [0, 0.05) is 13.1 Å². The second-order valence-electron chi connectivity index (χ2n) is 6.57. The van der Waals surface area contributed by atoms with Crippen molar-refractivity contribution in [1.82, 2.24) is 4.90 Å². The Labute approximate surface area is 170 Å². The van der Waals surface area contributed by atoms with Gasteiger partial charge in [0.15, 0.2) is 18.1 Å². The number of carbonyl (C=O) groups is 2. The summed E-state index contributed by atoms with van der Waals surface area (Å²) in [4.78, 5) is 26.2. The van der Waals surface area contributed by atoms with E-state index in [0.29, 0.717) is 37.8 Å². The predicted molar refractivity (Wildman–Crippen MR) is 106 cm³/mol. The van der Waals surface area contributed by atoms with Crippen molar-refractivity contribution in [3.05, 3.63) is 53.6 Å². The van der Waals surface area contributed by atoms with Gasteiger partial charge in [0.05, 0.1) is 13.5 Å². The monoisotopic (exact) mass is 399 g/mol. The smallest absolute Gasteiger partial charge is 0.310 e. The maximum absolute atomic E-state index is 12.5. The summed E-state index contributed by atoms with van der Waals surface area (Å²) in [5, 5.41) is 0. The summed E-state index contributed by atoms with van der Waals surface area (Å²) in [5.41, 5.74) is 1.72. The number of hydrogen-bond acceptors (Lipinski definition) is 6. The molecule has 0 fully saturated rings. The molecule has 0 aliphatic carbocycles. The summed E-state index contributed by atoms with van der Waals surface area (Å²) in [5.74, 6) is 1.42. The molecule has 2 aromatic carbocycles. The van der Waals surface area contributed by atoms with Crippen LogP contribution in [0, 0.1) is 0 Å². The molecular formula is C22H25NO6. The summed E-state index contributed by atoms with van der Waals surface area (Å²) >= 11 is 0. The van der Waals surface area contributed by atoms with Crippen LogP contribution in [-0.4, -0.2) is 50.3 Å². The van der Waals surface area contributed by atoms with Crippen LogP contribution in [0.2, 0.25) is 0 Å². The van der Waals surface area contributed by atoms with E-state index < -0.39 is 5.97 Å². The van der Waals surface area contributed by atoms with Crippen molar-refractivity contribution in [1.29, 1.82) is 0 Å². The van der Waals surface area contributed by atoms with Crippen LogP contribution in [-0.2, 0) is 27.3 Å². The molecular weight excluding hydrogens is 374 g/mol. The van der Waals surface area contributed by atoms with Gasteiger partial charge in [0.1, 0.15) is 19.0 Å². The molecule has 1 amide bonds. The Bertz CT molecular complexity index is 849. The number of likely N-dealkylation sites (N-methyl/N-ethyl adjacent to an activating group) is 1. The summed E-state index contributed by atoms with van der Waals surface area (Å²) in [6.45, 7) is 3.55. The number of esters is 1. The SMILES string of the molecule is CCN(Cc1ccc2c(c1)OCCO2)C(=O)COC(=O)Cc1ccc(OC)cc1. The second-order valence-corrected chi connectivity index (χ2v) is 6.57. The average Bonchev–Trinajstić information content (AvgIpc) is 2.76. The number of ether oxygens (including phenoxy) is 4. The van der Waals surface area contributed by atoms with E-state index in [4.69, 9.17) is 18.9 Å². The molecule has 7 nitrogen and oxygen atoms in total. The molecule has 0 N–H and O–H groups in total. The third-order valence-electron chi connectivity index (χ3n) is 4.58. The lowest BCUT2D eigenvalue weighted by Gasteiger charge is -2.23. The Balaban J connectivity index is 1.50. The molecule has 0 unspecified atom stereocenters. The Hall–Kier alpha value is -3.22. The summed E-state index contributed by atoms with van der Waals surface area (Å²) in [6.07, 6.45) is 0.103. The first kappa shape index (κ1) is 20.5. The number of fused-ring (bicyclic) bond motifs is 1. The van der Waals surface area contributed by atoms with E-state index in [1.807, 2.05) is 25.1 Å². The predicted octanol–water partition coefficient (Wildman–Crippen LogP) is 2.60.